The summed E-state index contributed by atoms with van der Waals surface area (Å²) in [5.41, 5.74) is 0. The zero-order chi connectivity index (χ0) is 13.4. The van der Waals surface area contributed by atoms with Crippen LogP contribution in [0, 0.1) is 0 Å². The molecule has 0 bridgehead atoms. The van der Waals surface area contributed by atoms with Gasteiger partial charge in [-0.05, 0) is 26.6 Å². The second-order valence-corrected chi connectivity index (χ2v) is 5.59. The molecule has 0 unspecified atom stereocenters. The van der Waals surface area contributed by atoms with Crippen LogP contribution in [-0.2, 0) is 4.74 Å². The average molecular weight is 257 g/mol. The first kappa shape index (κ1) is 15.9. The molecule has 0 spiro atoms. The lowest BCUT2D eigenvalue weighted by molar-refractivity contribution is -0.0332. The molecule has 1 fully saturated rings. The third kappa shape index (κ3) is 6.69. The highest BCUT2D eigenvalue weighted by molar-refractivity contribution is 4.73. The predicted octanol–water partition coefficient (Wildman–Crippen LogP) is 1.03. The third-order valence-corrected chi connectivity index (χ3v) is 3.58. The molecule has 4 nitrogen and oxygen atoms in total. The minimum atomic E-state index is 0.414. The first-order valence-corrected chi connectivity index (χ1v) is 7.37. The number of hydrogen-bond acceptors (Lipinski definition) is 4. The standard InChI is InChI=1S/C14H31N3O/c1-5-16(4)8-9-17-10-11-18-14(12-17)6-7-15-13(2)3/h13-15H,5-12H2,1-4H3/t14-/m0/s1. The van der Waals surface area contributed by atoms with Crippen molar-refractivity contribution < 1.29 is 4.74 Å². The van der Waals surface area contributed by atoms with Gasteiger partial charge in [0.2, 0.25) is 0 Å². The Morgan fingerprint density at radius 1 is 1.44 bits per heavy atom. The minimum Gasteiger partial charge on any atom is -0.376 e. The molecule has 0 aromatic carbocycles. The van der Waals surface area contributed by atoms with Gasteiger partial charge in [-0.3, -0.25) is 4.90 Å². The summed E-state index contributed by atoms with van der Waals surface area (Å²) in [7, 11) is 2.19. The molecule has 4 heteroatoms. The molecule has 1 saturated heterocycles. The van der Waals surface area contributed by atoms with Crippen LogP contribution in [0.2, 0.25) is 0 Å². The molecule has 0 aromatic rings. The van der Waals surface area contributed by atoms with Gasteiger partial charge in [0.05, 0.1) is 12.7 Å². The van der Waals surface area contributed by atoms with Crippen molar-refractivity contribution in [1.29, 1.82) is 0 Å². The molecule has 0 radical (unpaired) electrons. The van der Waals surface area contributed by atoms with E-state index in [9.17, 15) is 0 Å². The Morgan fingerprint density at radius 2 is 2.22 bits per heavy atom. The summed E-state index contributed by atoms with van der Waals surface area (Å²) in [6, 6.07) is 0.572. The highest BCUT2D eigenvalue weighted by Crippen LogP contribution is 2.08. The van der Waals surface area contributed by atoms with Crippen LogP contribution in [-0.4, -0.2) is 74.9 Å². The van der Waals surface area contributed by atoms with Crippen LogP contribution in [0.4, 0.5) is 0 Å². The van der Waals surface area contributed by atoms with Gasteiger partial charge in [0.25, 0.3) is 0 Å². The monoisotopic (exact) mass is 257 g/mol. The quantitative estimate of drug-likeness (QED) is 0.703. The topological polar surface area (TPSA) is 27.7 Å². The minimum absolute atomic E-state index is 0.414. The Kier molecular flexibility index (Phi) is 7.82. The van der Waals surface area contributed by atoms with Crippen LogP contribution in [0.15, 0.2) is 0 Å². The van der Waals surface area contributed by atoms with Crippen LogP contribution in [0.5, 0.6) is 0 Å². The first-order valence-electron chi connectivity index (χ1n) is 7.37. The van der Waals surface area contributed by atoms with Crippen LogP contribution < -0.4 is 5.32 Å². The van der Waals surface area contributed by atoms with Crippen LogP contribution in [0.25, 0.3) is 0 Å². The van der Waals surface area contributed by atoms with Crippen molar-refractivity contribution in [2.75, 3.05) is 52.9 Å². The Bertz CT molecular complexity index is 211. The van der Waals surface area contributed by atoms with Crippen molar-refractivity contribution in [1.82, 2.24) is 15.1 Å². The number of rotatable bonds is 8. The van der Waals surface area contributed by atoms with E-state index in [0.29, 0.717) is 12.1 Å². The second kappa shape index (κ2) is 8.86. The number of morpholine rings is 1. The summed E-state index contributed by atoms with van der Waals surface area (Å²) in [6.45, 7) is 14.2. The molecule has 18 heavy (non-hydrogen) atoms. The predicted molar refractivity (Wildman–Crippen MR) is 77.1 cm³/mol. The molecule has 0 saturated carbocycles. The molecule has 1 atom stereocenters. The Labute approximate surface area is 113 Å². The van der Waals surface area contributed by atoms with Gasteiger partial charge in [-0.1, -0.05) is 20.8 Å². The Balaban J connectivity index is 2.15. The summed E-state index contributed by atoms with van der Waals surface area (Å²) < 4.78 is 5.83. The summed E-state index contributed by atoms with van der Waals surface area (Å²) in [4.78, 5) is 4.90. The van der Waals surface area contributed by atoms with Gasteiger partial charge >= 0.3 is 0 Å². The fraction of sp³-hybridized carbons (Fsp3) is 1.00. The van der Waals surface area contributed by atoms with E-state index in [-0.39, 0.29) is 0 Å². The summed E-state index contributed by atoms with van der Waals surface area (Å²) >= 11 is 0. The van der Waals surface area contributed by atoms with Crippen LogP contribution in [0.1, 0.15) is 27.2 Å². The lowest BCUT2D eigenvalue weighted by atomic mass is 10.2. The molecule has 1 aliphatic rings. The van der Waals surface area contributed by atoms with Crippen molar-refractivity contribution in [3.05, 3.63) is 0 Å². The van der Waals surface area contributed by atoms with Crippen molar-refractivity contribution in [2.45, 2.75) is 39.3 Å². The van der Waals surface area contributed by atoms with Gasteiger partial charge in [-0.2, -0.15) is 0 Å². The molecular formula is C14H31N3O. The van der Waals surface area contributed by atoms with E-state index < -0.39 is 0 Å². The van der Waals surface area contributed by atoms with Crippen molar-refractivity contribution in [3.63, 3.8) is 0 Å². The first-order chi connectivity index (χ1) is 8.61. The number of likely N-dealkylation sites (N-methyl/N-ethyl adjacent to an activating group) is 1. The molecule has 1 rings (SSSR count). The molecule has 0 aliphatic carbocycles. The van der Waals surface area contributed by atoms with Gasteiger partial charge in [-0.25, -0.2) is 0 Å². The van der Waals surface area contributed by atoms with Crippen LogP contribution >= 0.6 is 0 Å². The number of hydrogen-bond donors (Lipinski definition) is 1. The number of nitrogens with zero attached hydrogens (tertiary/aromatic N) is 2. The van der Waals surface area contributed by atoms with E-state index in [1.165, 1.54) is 6.54 Å². The molecular weight excluding hydrogens is 226 g/mol. The highest BCUT2D eigenvalue weighted by Gasteiger charge is 2.19. The van der Waals surface area contributed by atoms with E-state index in [2.05, 4.69) is 42.9 Å². The molecule has 0 aromatic heterocycles. The van der Waals surface area contributed by atoms with E-state index in [0.717, 1.165) is 45.8 Å². The maximum absolute atomic E-state index is 5.83. The summed E-state index contributed by atoms with van der Waals surface area (Å²) in [5, 5.41) is 3.46. The van der Waals surface area contributed by atoms with Crippen LogP contribution in [0.3, 0.4) is 0 Å². The number of nitrogens with one attached hydrogen (secondary N) is 1. The maximum atomic E-state index is 5.83. The van der Waals surface area contributed by atoms with Gasteiger partial charge in [0.15, 0.2) is 0 Å². The van der Waals surface area contributed by atoms with Crippen molar-refractivity contribution >= 4 is 0 Å². The molecule has 0 amide bonds. The zero-order valence-corrected chi connectivity index (χ0v) is 12.6. The molecule has 1 heterocycles. The van der Waals surface area contributed by atoms with Gasteiger partial charge < -0.3 is 15.0 Å². The second-order valence-electron chi connectivity index (χ2n) is 5.59. The molecule has 1 N–H and O–H groups in total. The van der Waals surface area contributed by atoms with Gasteiger partial charge in [0.1, 0.15) is 0 Å². The SMILES string of the molecule is CCN(C)CCN1CCO[C@@H](CCNC(C)C)C1. The zero-order valence-electron chi connectivity index (χ0n) is 12.6. The molecule has 1 aliphatic heterocycles. The highest BCUT2D eigenvalue weighted by atomic mass is 16.5. The van der Waals surface area contributed by atoms with Gasteiger partial charge in [0, 0.05) is 32.2 Å². The van der Waals surface area contributed by atoms with Crippen molar-refractivity contribution in [2.24, 2.45) is 0 Å². The largest absolute Gasteiger partial charge is 0.376 e. The van der Waals surface area contributed by atoms with E-state index >= 15 is 0 Å². The summed E-state index contributed by atoms with van der Waals surface area (Å²) in [6.07, 6.45) is 1.54. The molecule has 108 valence electrons. The smallest absolute Gasteiger partial charge is 0.0714 e. The van der Waals surface area contributed by atoms with Gasteiger partial charge in [-0.15, -0.1) is 0 Å². The number of ether oxygens (including phenoxy) is 1. The van der Waals surface area contributed by atoms with E-state index in [1.54, 1.807) is 0 Å². The Hall–Kier alpha value is -0.160. The lowest BCUT2D eigenvalue weighted by Crippen LogP contribution is -2.46. The maximum Gasteiger partial charge on any atom is 0.0714 e. The average Bonchev–Trinajstić information content (AvgIpc) is 2.36. The van der Waals surface area contributed by atoms with E-state index in [4.69, 9.17) is 4.74 Å². The third-order valence-electron chi connectivity index (χ3n) is 3.58. The fourth-order valence-electron chi connectivity index (χ4n) is 2.16. The Morgan fingerprint density at radius 3 is 2.89 bits per heavy atom. The normalized spacial score (nSPS) is 22.0. The fourth-order valence-corrected chi connectivity index (χ4v) is 2.16. The lowest BCUT2D eigenvalue weighted by Gasteiger charge is -2.34. The van der Waals surface area contributed by atoms with Crippen molar-refractivity contribution in [3.8, 4) is 0 Å². The summed E-state index contributed by atoms with van der Waals surface area (Å²) in [5.74, 6) is 0. The van der Waals surface area contributed by atoms with E-state index in [1.807, 2.05) is 0 Å².